The summed E-state index contributed by atoms with van der Waals surface area (Å²) in [7, 11) is 2.05. The summed E-state index contributed by atoms with van der Waals surface area (Å²) in [5.41, 5.74) is 5.41. The first-order chi connectivity index (χ1) is 21.4. The van der Waals surface area contributed by atoms with Gasteiger partial charge in [0.05, 0.1) is 6.10 Å². The zero-order valence-corrected chi connectivity index (χ0v) is 33.9. The van der Waals surface area contributed by atoms with Crippen LogP contribution in [0.1, 0.15) is 52.7 Å². The third-order valence-electron chi connectivity index (χ3n) is 8.30. The van der Waals surface area contributed by atoms with Crippen molar-refractivity contribution in [2.75, 3.05) is 7.05 Å². The smallest absolute Gasteiger partial charge is 0.191 e. The Kier molecular flexibility index (Phi) is 10.5. The number of thioether (sulfide) groups is 1. The highest BCUT2D eigenvalue weighted by molar-refractivity contribution is 9.13. The zero-order valence-electron chi connectivity index (χ0n) is 26.8. The number of ketones is 1. The molecule has 242 valence electrons. The molecule has 5 rings (SSSR count). The topological polar surface area (TPSA) is 60.8 Å². The lowest BCUT2D eigenvalue weighted by Gasteiger charge is -2.37. The van der Waals surface area contributed by atoms with Gasteiger partial charge in [0, 0.05) is 58.1 Å². The highest BCUT2D eigenvalue weighted by Crippen LogP contribution is 2.49. The SMILES string of the molecule is CN1C(c2ccc(Br)c(Br)c2)=CC(=CC2C(O)C(=O)/C(=C3\C=C(c4ccc(Br)c(Br)c4)SC(C(C)(C)C)=C3)C2O)C=C1C(C)(C)C. The molecule has 3 aliphatic rings. The molecular formula is C37H37Br4NO3S. The fraction of sp³-hybridized carbons (Fsp3) is 0.324. The van der Waals surface area contributed by atoms with Gasteiger partial charge in [-0.05, 0) is 145 Å². The molecule has 0 bridgehead atoms. The van der Waals surface area contributed by atoms with Crippen molar-refractivity contribution in [2.24, 2.45) is 16.7 Å². The maximum atomic E-state index is 13.8. The Morgan fingerprint density at radius 2 is 1.35 bits per heavy atom. The van der Waals surface area contributed by atoms with E-state index in [1.165, 1.54) is 0 Å². The molecule has 2 aromatic carbocycles. The normalized spacial score (nSPS) is 25.1. The van der Waals surface area contributed by atoms with Gasteiger partial charge in [-0.1, -0.05) is 71.5 Å². The molecule has 0 spiro atoms. The van der Waals surface area contributed by atoms with Crippen LogP contribution in [0.15, 0.2) is 112 Å². The summed E-state index contributed by atoms with van der Waals surface area (Å²) in [6.07, 6.45) is 7.42. The van der Waals surface area contributed by atoms with Gasteiger partial charge < -0.3 is 15.1 Å². The van der Waals surface area contributed by atoms with E-state index in [0.717, 1.165) is 55.8 Å². The van der Waals surface area contributed by atoms with Crippen molar-refractivity contribution in [3.8, 4) is 0 Å². The van der Waals surface area contributed by atoms with E-state index in [2.05, 4.69) is 141 Å². The van der Waals surface area contributed by atoms with Crippen molar-refractivity contribution in [3.05, 3.63) is 123 Å². The van der Waals surface area contributed by atoms with E-state index < -0.39 is 23.9 Å². The molecule has 9 heteroatoms. The number of Topliss-reactive ketones (excluding diaryl/α,β-unsaturated/α-hetero) is 1. The second-order valence-corrected chi connectivity index (χ2v) is 18.4. The second-order valence-electron chi connectivity index (χ2n) is 13.9. The third kappa shape index (κ3) is 7.26. The molecular weight excluding hydrogens is 858 g/mol. The fourth-order valence-electron chi connectivity index (χ4n) is 5.81. The first kappa shape index (κ1) is 35.8. The fourth-order valence-corrected chi connectivity index (χ4v) is 8.22. The lowest BCUT2D eigenvalue weighted by atomic mass is 9.85. The number of aliphatic hydroxyl groups excluding tert-OH is 2. The Bertz CT molecular complexity index is 1800. The largest absolute Gasteiger partial charge is 0.388 e. The molecule has 2 N–H and O–H groups in total. The van der Waals surface area contributed by atoms with E-state index in [1.54, 1.807) is 11.8 Å². The van der Waals surface area contributed by atoms with Gasteiger partial charge in [-0.2, -0.15) is 0 Å². The maximum Gasteiger partial charge on any atom is 0.191 e. The summed E-state index contributed by atoms with van der Waals surface area (Å²) in [6, 6.07) is 12.2. The molecule has 46 heavy (non-hydrogen) atoms. The molecule has 0 amide bonds. The summed E-state index contributed by atoms with van der Waals surface area (Å²) in [6.45, 7) is 12.9. The van der Waals surface area contributed by atoms with Crippen LogP contribution in [0.5, 0.6) is 0 Å². The molecule has 1 aliphatic carbocycles. The van der Waals surface area contributed by atoms with Crippen LogP contribution < -0.4 is 0 Å². The van der Waals surface area contributed by atoms with Gasteiger partial charge >= 0.3 is 0 Å². The number of hydrogen-bond donors (Lipinski definition) is 2. The first-order valence-corrected chi connectivity index (χ1v) is 18.9. The number of carbonyl (C=O) groups excluding carboxylic acids is 1. The zero-order chi connectivity index (χ0) is 33.9. The van der Waals surface area contributed by atoms with Gasteiger partial charge in [0.15, 0.2) is 5.78 Å². The number of rotatable bonds is 3. The number of carbonyl (C=O) groups is 1. The minimum absolute atomic E-state index is 0.188. The van der Waals surface area contributed by atoms with Crippen molar-refractivity contribution < 1.29 is 15.0 Å². The molecule has 2 aromatic rings. The van der Waals surface area contributed by atoms with Crippen LogP contribution in [0.3, 0.4) is 0 Å². The molecule has 0 saturated heterocycles. The monoisotopic (exact) mass is 891 g/mol. The van der Waals surface area contributed by atoms with Crippen molar-refractivity contribution in [1.82, 2.24) is 4.90 Å². The molecule has 2 heterocycles. The third-order valence-corrected chi connectivity index (χ3v) is 13.6. The van der Waals surface area contributed by atoms with E-state index in [4.69, 9.17) is 0 Å². The summed E-state index contributed by atoms with van der Waals surface area (Å²) in [4.78, 5) is 18.0. The number of aliphatic hydroxyl groups is 2. The number of halogens is 4. The van der Waals surface area contributed by atoms with Crippen LogP contribution in [-0.2, 0) is 4.79 Å². The molecule has 1 saturated carbocycles. The Morgan fingerprint density at radius 3 is 1.91 bits per heavy atom. The van der Waals surface area contributed by atoms with Gasteiger partial charge in [0.2, 0.25) is 0 Å². The Morgan fingerprint density at radius 1 is 0.761 bits per heavy atom. The minimum Gasteiger partial charge on any atom is -0.388 e. The summed E-state index contributed by atoms with van der Waals surface area (Å²) in [5, 5.41) is 23.2. The van der Waals surface area contributed by atoms with E-state index in [0.29, 0.717) is 5.57 Å². The lowest BCUT2D eigenvalue weighted by Crippen LogP contribution is -2.29. The molecule has 0 aromatic heterocycles. The molecule has 3 atom stereocenters. The van der Waals surface area contributed by atoms with E-state index >= 15 is 0 Å². The number of nitrogens with zero attached hydrogens (tertiary/aromatic N) is 1. The van der Waals surface area contributed by atoms with Crippen molar-refractivity contribution >= 4 is 91.9 Å². The number of hydrogen-bond acceptors (Lipinski definition) is 5. The lowest BCUT2D eigenvalue weighted by molar-refractivity contribution is -0.122. The highest BCUT2D eigenvalue weighted by atomic mass is 79.9. The quantitative estimate of drug-likeness (QED) is 0.301. The number of allylic oxidation sites excluding steroid dienone is 8. The van der Waals surface area contributed by atoms with Crippen molar-refractivity contribution in [2.45, 2.75) is 53.8 Å². The van der Waals surface area contributed by atoms with Gasteiger partial charge in [-0.3, -0.25) is 4.79 Å². The van der Waals surface area contributed by atoms with Crippen LogP contribution in [-0.4, -0.2) is 40.2 Å². The Labute approximate surface area is 310 Å². The van der Waals surface area contributed by atoms with Gasteiger partial charge in [-0.25, -0.2) is 0 Å². The van der Waals surface area contributed by atoms with Crippen LogP contribution in [0.2, 0.25) is 0 Å². The minimum atomic E-state index is -1.37. The second kappa shape index (κ2) is 13.4. The van der Waals surface area contributed by atoms with E-state index in [-0.39, 0.29) is 16.4 Å². The average Bonchev–Trinajstić information content (AvgIpc) is 3.18. The van der Waals surface area contributed by atoms with Crippen molar-refractivity contribution in [1.29, 1.82) is 0 Å². The Balaban J connectivity index is 1.63. The maximum absolute atomic E-state index is 13.8. The predicted octanol–water partition coefficient (Wildman–Crippen LogP) is 10.8. The molecule has 0 radical (unpaired) electrons. The van der Waals surface area contributed by atoms with Crippen LogP contribution >= 0.6 is 75.5 Å². The van der Waals surface area contributed by atoms with E-state index in [9.17, 15) is 15.0 Å². The molecule has 3 unspecified atom stereocenters. The van der Waals surface area contributed by atoms with Gasteiger partial charge in [0.25, 0.3) is 0 Å². The first-order valence-electron chi connectivity index (χ1n) is 14.9. The average molecular weight is 895 g/mol. The summed E-state index contributed by atoms with van der Waals surface area (Å²) < 4.78 is 3.78. The van der Waals surface area contributed by atoms with Crippen LogP contribution in [0.25, 0.3) is 10.6 Å². The van der Waals surface area contributed by atoms with Crippen LogP contribution in [0.4, 0.5) is 0 Å². The summed E-state index contributed by atoms with van der Waals surface area (Å²) >= 11 is 16.0. The van der Waals surface area contributed by atoms with Crippen molar-refractivity contribution in [3.63, 3.8) is 0 Å². The van der Waals surface area contributed by atoms with Gasteiger partial charge in [-0.15, -0.1) is 0 Å². The Hall–Kier alpha value is -1.46. The molecule has 2 aliphatic heterocycles. The molecule has 1 fully saturated rings. The standard InChI is InChI=1S/C37H37Br4NO3S/c1-36(2,3)30-14-19(13-28(42(30)7)20-8-10-24(38)26(40)15-20)12-23-33(43)32(35(45)34(23)44)22-17-29(46-31(18-22)37(4,5)6)21-9-11-25(39)27(41)16-21/h8-18,23,33-34,43-44H,1-7H3/b19-12?,32-22+. The van der Waals surface area contributed by atoms with Gasteiger partial charge in [0.1, 0.15) is 6.10 Å². The highest BCUT2D eigenvalue weighted by Gasteiger charge is 2.45. The van der Waals surface area contributed by atoms with E-state index in [1.807, 2.05) is 42.5 Å². The van der Waals surface area contributed by atoms with Crippen LogP contribution in [0, 0.1) is 16.7 Å². The number of benzene rings is 2. The molecule has 4 nitrogen and oxygen atoms in total. The predicted molar refractivity (Wildman–Crippen MR) is 206 cm³/mol. The summed E-state index contributed by atoms with van der Waals surface area (Å²) in [5.74, 6) is -1.25.